The van der Waals surface area contributed by atoms with Gasteiger partial charge in [-0.2, -0.15) is 0 Å². The van der Waals surface area contributed by atoms with Gasteiger partial charge in [0.15, 0.2) is 11.5 Å². The van der Waals surface area contributed by atoms with Crippen molar-refractivity contribution in [3.05, 3.63) is 83.4 Å². The molecule has 2 amide bonds. The number of carbonyl (C=O) groups excluding carboxylic acids is 3. The van der Waals surface area contributed by atoms with E-state index < -0.39 is 35.5 Å². The number of imide groups is 1. The van der Waals surface area contributed by atoms with Crippen LogP contribution in [-0.4, -0.2) is 31.2 Å². The van der Waals surface area contributed by atoms with Gasteiger partial charge in [-0.25, -0.2) is 4.90 Å². The van der Waals surface area contributed by atoms with Gasteiger partial charge in [-0.15, -0.1) is 0 Å². The van der Waals surface area contributed by atoms with Crippen LogP contribution in [-0.2, 0) is 14.4 Å². The Balaban J connectivity index is 1.38. The Morgan fingerprint density at radius 3 is 2.44 bits per heavy atom. The van der Waals surface area contributed by atoms with E-state index in [0.717, 1.165) is 16.7 Å². The maximum absolute atomic E-state index is 14.1. The number of hydrogen-bond acceptors (Lipinski definition) is 7. The number of amides is 2. The quantitative estimate of drug-likeness (QED) is 0.279. The minimum atomic E-state index is -0.915. The second kappa shape index (κ2) is 8.73. The molecule has 0 spiro atoms. The first-order valence-corrected chi connectivity index (χ1v) is 13.0. The Morgan fingerprint density at radius 2 is 1.64 bits per heavy atom. The summed E-state index contributed by atoms with van der Waals surface area (Å²) in [6.07, 6.45) is 1.96. The van der Waals surface area contributed by atoms with Crippen LogP contribution in [0, 0.1) is 24.7 Å². The zero-order valence-corrected chi connectivity index (χ0v) is 21.4. The minimum Gasteiger partial charge on any atom is -0.494 e. The lowest BCUT2D eigenvalue weighted by Crippen LogP contribution is -2.42. The summed E-state index contributed by atoms with van der Waals surface area (Å²) in [6.45, 7) is 4.44. The fourth-order valence-electron chi connectivity index (χ4n) is 6.23. The number of hydrogen-bond donors (Lipinski definition) is 0. The van der Waals surface area contributed by atoms with Crippen LogP contribution < -0.4 is 23.8 Å². The van der Waals surface area contributed by atoms with Crippen molar-refractivity contribution in [2.75, 3.05) is 18.3 Å². The molecular formula is C31H25NO7. The van der Waals surface area contributed by atoms with Gasteiger partial charge < -0.3 is 18.9 Å². The number of nitrogens with zero attached hydrogens (tertiary/aromatic N) is 1. The van der Waals surface area contributed by atoms with Gasteiger partial charge in [0.2, 0.25) is 18.6 Å². The molecule has 4 atom stereocenters. The largest absolute Gasteiger partial charge is 0.494 e. The average Bonchev–Trinajstić information content (AvgIpc) is 3.50. The summed E-state index contributed by atoms with van der Waals surface area (Å²) in [5.74, 6) is -2.04. The Labute approximate surface area is 224 Å². The van der Waals surface area contributed by atoms with E-state index in [1.807, 2.05) is 56.3 Å². The van der Waals surface area contributed by atoms with Crippen LogP contribution in [0.1, 0.15) is 29.5 Å². The van der Waals surface area contributed by atoms with E-state index >= 15 is 0 Å². The van der Waals surface area contributed by atoms with Crippen molar-refractivity contribution in [2.45, 2.75) is 19.8 Å². The normalized spacial score (nSPS) is 24.5. The number of benzene rings is 3. The summed E-state index contributed by atoms with van der Waals surface area (Å²) in [6, 6.07) is 18.1. The van der Waals surface area contributed by atoms with Gasteiger partial charge in [-0.1, -0.05) is 24.3 Å². The van der Waals surface area contributed by atoms with Crippen molar-refractivity contribution in [1.29, 1.82) is 0 Å². The van der Waals surface area contributed by atoms with E-state index in [1.54, 1.807) is 24.3 Å². The third-order valence-corrected chi connectivity index (χ3v) is 7.94. The Kier molecular flexibility index (Phi) is 5.26. The number of allylic oxidation sites excluding steroid dienone is 1. The molecule has 1 fully saturated rings. The lowest BCUT2D eigenvalue weighted by molar-refractivity contribution is -0.142. The summed E-state index contributed by atoms with van der Waals surface area (Å²) in [5, 5.41) is 0. The third kappa shape index (κ3) is 3.55. The average molecular weight is 524 g/mol. The number of esters is 1. The minimum absolute atomic E-state index is 0.125. The molecule has 0 saturated carbocycles. The highest BCUT2D eigenvalue weighted by molar-refractivity contribution is 6.24. The first kappa shape index (κ1) is 23.5. The SMILES string of the molecule is CCOc1ccc(N2C(=O)[C@@H]3[C@@H]4C(=O)Oc5cc(C)ccc5C4=C[C@@H](c4ccc5c(c4)OCO5)[C@H]3C2=O)cc1. The summed E-state index contributed by atoms with van der Waals surface area (Å²) in [7, 11) is 0. The van der Waals surface area contributed by atoms with Crippen LogP contribution >= 0.6 is 0 Å². The molecule has 3 aromatic carbocycles. The summed E-state index contributed by atoms with van der Waals surface area (Å²) in [5.41, 5.74) is 3.67. The van der Waals surface area contributed by atoms with E-state index in [0.29, 0.717) is 40.9 Å². The number of rotatable bonds is 4. The predicted octanol–water partition coefficient (Wildman–Crippen LogP) is 4.64. The van der Waals surface area contributed by atoms with E-state index in [9.17, 15) is 14.4 Å². The van der Waals surface area contributed by atoms with E-state index in [-0.39, 0.29) is 12.7 Å². The Morgan fingerprint density at radius 1 is 0.872 bits per heavy atom. The molecule has 8 nitrogen and oxygen atoms in total. The fourth-order valence-corrected chi connectivity index (χ4v) is 6.23. The van der Waals surface area contributed by atoms with Gasteiger partial charge in [0.1, 0.15) is 11.5 Å². The molecule has 1 aliphatic carbocycles. The molecule has 1 saturated heterocycles. The maximum atomic E-state index is 14.1. The van der Waals surface area contributed by atoms with Crippen LogP contribution in [0.2, 0.25) is 0 Å². The van der Waals surface area contributed by atoms with Gasteiger partial charge in [-0.05, 0) is 73.0 Å². The second-order valence-electron chi connectivity index (χ2n) is 10.1. The molecule has 7 rings (SSSR count). The van der Waals surface area contributed by atoms with Gasteiger partial charge in [0, 0.05) is 11.5 Å². The zero-order chi connectivity index (χ0) is 26.8. The summed E-state index contributed by atoms with van der Waals surface area (Å²) >= 11 is 0. The van der Waals surface area contributed by atoms with Crippen LogP contribution in [0.5, 0.6) is 23.0 Å². The number of aryl methyl sites for hydroxylation is 1. The highest BCUT2D eigenvalue weighted by atomic mass is 16.7. The number of fused-ring (bicyclic) bond motifs is 6. The van der Waals surface area contributed by atoms with Gasteiger partial charge >= 0.3 is 5.97 Å². The lowest BCUT2D eigenvalue weighted by atomic mass is 9.64. The molecule has 3 heterocycles. The molecule has 39 heavy (non-hydrogen) atoms. The van der Waals surface area contributed by atoms with Crippen molar-refractivity contribution < 1.29 is 33.3 Å². The van der Waals surface area contributed by atoms with Gasteiger partial charge in [-0.3, -0.25) is 14.4 Å². The standard InChI is InChI=1S/C31H25NO7/c1-3-36-19-8-6-18(7-9-19)32-29(33)26-21(17-5-11-23-25(13-17)38-15-37-23)14-22-20-10-4-16(2)12-24(20)39-31(35)27(22)28(26)30(32)34/h4-14,21,26-28H,3,15H2,1-2H3/t21-,26+,27+,28-/m0/s1. The molecule has 8 heteroatoms. The lowest BCUT2D eigenvalue weighted by Gasteiger charge is -2.38. The van der Waals surface area contributed by atoms with Crippen LogP contribution in [0.15, 0.2) is 66.7 Å². The molecule has 4 aliphatic rings. The molecule has 0 radical (unpaired) electrons. The van der Waals surface area contributed by atoms with Gasteiger partial charge in [0.25, 0.3) is 0 Å². The number of ether oxygens (including phenoxy) is 4. The summed E-state index contributed by atoms with van der Waals surface area (Å²) in [4.78, 5) is 42.8. The zero-order valence-electron chi connectivity index (χ0n) is 21.4. The van der Waals surface area contributed by atoms with Crippen molar-refractivity contribution in [2.24, 2.45) is 17.8 Å². The van der Waals surface area contributed by atoms with E-state index in [2.05, 4.69) is 0 Å². The van der Waals surface area contributed by atoms with Crippen LogP contribution in [0.3, 0.4) is 0 Å². The smallest absolute Gasteiger partial charge is 0.319 e. The second-order valence-corrected chi connectivity index (χ2v) is 10.1. The van der Waals surface area contributed by atoms with E-state index in [1.165, 1.54) is 4.90 Å². The topological polar surface area (TPSA) is 91.4 Å². The molecule has 0 N–H and O–H groups in total. The Bertz CT molecular complexity index is 1570. The van der Waals surface area contributed by atoms with Crippen LogP contribution in [0.4, 0.5) is 5.69 Å². The monoisotopic (exact) mass is 523 g/mol. The highest BCUT2D eigenvalue weighted by Crippen LogP contribution is 2.55. The third-order valence-electron chi connectivity index (χ3n) is 7.94. The predicted molar refractivity (Wildman–Crippen MR) is 141 cm³/mol. The first-order valence-electron chi connectivity index (χ1n) is 13.0. The fraction of sp³-hybridized carbons (Fsp3) is 0.258. The van der Waals surface area contributed by atoms with Crippen molar-refractivity contribution in [1.82, 2.24) is 0 Å². The molecule has 0 bridgehead atoms. The first-order chi connectivity index (χ1) is 18.9. The molecule has 0 unspecified atom stereocenters. The molecule has 3 aromatic rings. The highest BCUT2D eigenvalue weighted by Gasteiger charge is 2.60. The Hall–Kier alpha value is -4.59. The van der Waals surface area contributed by atoms with Crippen LogP contribution in [0.25, 0.3) is 5.57 Å². The maximum Gasteiger partial charge on any atom is 0.319 e. The van der Waals surface area contributed by atoms with Crippen molar-refractivity contribution in [3.8, 4) is 23.0 Å². The number of carbonyl (C=O) groups is 3. The molecule has 0 aromatic heterocycles. The molecule has 3 aliphatic heterocycles. The molecular weight excluding hydrogens is 498 g/mol. The summed E-state index contributed by atoms with van der Waals surface area (Å²) < 4.78 is 22.4. The van der Waals surface area contributed by atoms with Gasteiger partial charge in [0.05, 0.1) is 30.0 Å². The van der Waals surface area contributed by atoms with E-state index in [4.69, 9.17) is 18.9 Å². The van der Waals surface area contributed by atoms with Crippen molar-refractivity contribution >= 4 is 29.0 Å². The number of anilines is 1. The van der Waals surface area contributed by atoms with Crippen molar-refractivity contribution in [3.63, 3.8) is 0 Å². The molecule has 196 valence electrons.